The normalized spacial score (nSPS) is 44.9. The third-order valence-corrected chi connectivity index (χ3v) is 23.9. The van der Waals surface area contributed by atoms with Crippen molar-refractivity contribution in [2.75, 3.05) is 0 Å². The highest BCUT2D eigenvalue weighted by molar-refractivity contribution is 6.74. The highest BCUT2D eigenvalue weighted by Gasteiger charge is 2.67. The number of fused-ring (bicyclic) bond motifs is 7. The smallest absolute Gasteiger partial charge is 0.309 e. The Labute approximate surface area is 248 Å². The lowest BCUT2D eigenvalue weighted by molar-refractivity contribution is -0.157. The third-order valence-electron chi connectivity index (χ3n) is 14.6. The first-order valence-electron chi connectivity index (χ1n) is 17.5. The van der Waals surface area contributed by atoms with Gasteiger partial charge in [-0.3, -0.25) is 4.79 Å². The Morgan fingerprint density at radius 1 is 0.775 bits per heavy atom. The molecule has 4 saturated carbocycles. The second-order valence-electron chi connectivity index (χ2n) is 15.5. The Hall–Kier alpha value is -0.176. The minimum absolute atomic E-state index is 0.0621. The summed E-state index contributed by atoms with van der Waals surface area (Å²) >= 11 is 0. The average Bonchev–Trinajstić information content (AvgIpc) is 3.42. The Kier molecular flexibility index (Phi) is 8.90. The predicted octanol–water partition coefficient (Wildman–Crippen LogP) is 9.21. The lowest BCUT2D eigenvalue weighted by atomic mass is 9.44. The molecule has 11 atom stereocenters. The molecule has 1 saturated heterocycles. The van der Waals surface area contributed by atoms with E-state index in [-0.39, 0.29) is 35.6 Å². The number of rotatable bonds is 10. The van der Waals surface area contributed by atoms with Gasteiger partial charge in [-0.15, -0.1) is 0 Å². The van der Waals surface area contributed by atoms with Crippen molar-refractivity contribution in [3.63, 3.8) is 0 Å². The van der Waals surface area contributed by atoms with E-state index in [1.54, 1.807) is 0 Å². The topological polar surface area (TPSA) is 44.8 Å². The Morgan fingerprint density at radius 2 is 1.35 bits per heavy atom. The van der Waals surface area contributed by atoms with Gasteiger partial charge in [0, 0.05) is 5.92 Å². The van der Waals surface area contributed by atoms with E-state index in [4.69, 9.17) is 13.6 Å². The van der Waals surface area contributed by atoms with Crippen molar-refractivity contribution < 1.29 is 18.4 Å². The second-order valence-corrected chi connectivity index (χ2v) is 24.9. The van der Waals surface area contributed by atoms with Gasteiger partial charge in [0.05, 0.1) is 18.1 Å². The van der Waals surface area contributed by atoms with E-state index in [9.17, 15) is 4.79 Å². The van der Waals surface area contributed by atoms with Crippen LogP contribution in [0, 0.1) is 46.3 Å². The number of ether oxygens (including phenoxy) is 1. The zero-order valence-corrected chi connectivity index (χ0v) is 29.5. The van der Waals surface area contributed by atoms with Crippen LogP contribution in [-0.4, -0.2) is 40.9 Å². The molecule has 6 heteroatoms. The third kappa shape index (κ3) is 4.76. The summed E-state index contributed by atoms with van der Waals surface area (Å²) in [6.07, 6.45) is 9.54. The lowest BCUT2D eigenvalue weighted by Crippen LogP contribution is -2.60. The summed E-state index contributed by atoms with van der Waals surface area (Å²) in [5.74, 6) is 3.56. The van der Waals surface area contributed by atoms with Crippen molar-refractivity contribution in [3.05, 3.63) is 0 Å². The molecule has 5 rings (SSSR count). The maximum absolute atomic E-state index is 12.5. The maximum atomic E-state index is 12.5. The minimum atomic E-state index is -1.76. The van der Waals surface area contributed by atoms with Crippen LogP contribution in [0.5, 0.6) is 0 Å². The Bertz CT molecular complexity index is 901. The van der Waals surface area contributed by atoms with Crippen LogP contribution >= 0.6 is 0 Å². The molecule has 40 heavy (non-hydrogen) atoms. The van der Waals surface area contributed by atoms with Crippen molar-refractivity contribution in [3.8, 4) is 0 Å². The Morgan fingerprint density at radius 3 is 1.93 bits per heavy atom. The van der Waals surface area contributed by atoms with Crippen molar-refractivity contribution >= 4 is 22.6 Å². The summed E-state index contributed by atoms with van der Waals surface area (Å²) in [7, 11) is -3.49. The number of carbonyl (C=O) groups is 1. The van der Waals surface area contributed by atoms with Crippen LogP contribution in [0.4, 0.5) is 0 Å². The zero-order chi connectivity index (χ0) is 29.1. The highest BCUT2D eigenvalue weighted by atomic mass is 28.4. The van der Waals surface area contributed by atoms with Gasteiger partial charge >= 0.3 is 5.97 Å². The van der Waals surface area contributed by atoms with E-state index in [0.29, 0.717) is 17.3 Å². The molecule has 1 heterocycles. The van der Waals surface area contributed by atoms with Crippen LogP contribution in [0.1, 0.15) is 107 Å². The molecule has 0 spiro atoms. The molecule has 0 unspecified atom stereocenters. The summed E-state index contributed by atoms with van der Waals surface area (Å²) in [5, 5.41) is 0. The predicted molar refractivity (Wildman–Crippen MR) is 169 cm³/mol. The highest BCUT2D eigenvalue weighted by Crippen LogP contribution is 2.69. The largest absolute Gasteiger partial charge is 0.462 e. The SMILES string of the molecule is CC[Si](CC)(CC)O[C@H]1C[C@@H]2CC[C@@H]3[C@H](CC[C@]4(C)[C@@H]5[C@H](C[C@@H]34)OC(=O)[C@H]5C)[C@@]2(C)C[C@@H]1O[Si](CC)(CC)CC. The molecule has 0 aromatic rings. The van der Waals surface area contributed by atoms with Gasteiger partial charge in [0.2, 0.25) is 0 Å². The first kappa shape index (κ1) is 31.3. The van der Waals surface area contributed by atoms with Crippen LogP contribution in [0.2, 0.25) is 36.3 Å². The summed E-state index contributed by atoms with van der Waals surface area (Å²) in [6.45, 7) is 21.7. The number of carbonyl (C=O) groups excluding carboxylic acids is 1. The van der Waals surface area contributed by atoms with E-state index in [1.807, 2.05) is 0 Å². The zero-order valence-electron chi connectivity index (χ0n) is 27.5. The summed E-state index contributed by atoms with van der Waals surface area (Å²) in [6, 6.07) is 7.31. The van der Waals surface area contributed by atoms with Gasteiger partial charge in [0.25, 0.3) is 0 Å². The molecule has 4 aliphatic carbocycles. The van der Waals surface area contributed by atoms with Crippen LogP contribution in [0.3, 0.4) is 0 Å². The standard InChI is InChI=1S/C34H62O4Si2/c1-10-39(11-2,12-3)37-28-20-24-16-17-25-26(34(24,9)22-30(28)38-40(13-4,14-5)15-6)18-19-33(8)27(25)21-29-31(33)23(7)32(35)36-29/h23-31H,10-22H2,1-9H3/t23-,24-,25+,26-,27-,28-,29-,30-,31-,33-,34-/m0/s1. The minimum Gasteiger partial charge on any atom is -0.462 e. The van der Waals surface area contributed by atoms with Gasteiger partial charge in [-0.1, -0.05) is 62.3 Å². The molecule has 4 nitrogen and oxygen atoms in total. The molecule has 230 valence electrons. The monoisotopic (exact) mass is 590 g/mol. The number of hydrogen-bond acceptors (Lipinski definition) is 4. The van der Waals surface area contributed by atoms with Crippen LogP contribution in [-0.2, 0) is 18.4 Å². The van der Waals surface area contributed by atoms with Crippen LogP contribution in [0.25, 0.3) is 0 Å². The van der Waals surface area contributed by atoms with Gasteiger partial charge in [0.1, 0.15) is 6.10 Å². The average molecular weight is 591 g/mol. The molecular weight excluding hydrogens is 529 g/mol. The van der Waals surface area contributed by atoms with E-state index in [1.165, 1.54) is 74.8 Å². The van der Waals surface area contributed by atoms with E-state index in [0.717, 1.165) is 24.2 Å². The van der Waals surface area contributed by atoms with Gasteiger partial charge in [-0.2, -0.15) is 0 Å². The fourth-order valence-corrected chi connectivity index (χ4v) is 17.3. The molecule has 0 bridgehead atoms. The van der Waals surface area contributed by atoms with Gasteiger partial charge < -0.3 is 13.6 Å². The molecule has 0 amide bonds. The Balaban J connectivity index is 1.43. The maximum Gasteiger partial charge on any atom is 0.309 e. The molecule has 5 fully saturated rings. The number of hydrogen-bond donors (Lipinski definition) is 0. The molecule has 0 aromatic heterocycles. The molecule has 0 N–H and O–H groups in total. The first-order chi connectivity index (χ1) is 19.0. The van der Waals surface area contributed by atoms with E-state index >= 15 is 0 Å². The van der Waals surface area contributed by atoms with E-state index < -0.39 is 16.6 Å². The van der Waals surface area contributed by atoms with Crippen molar-refractivity contribution in [1.29, 1.82) is 0 Å². The molecule has 0 radical (unpaired) electrons. The molecule has 0 aromatic carbocycles. The summed E-state index contributed by atoms with van der Waals surface area (Å²) < 4.78 is 20.9. The quantitative estimate of drug-likeness (QED) is 0.188. The summed E-state index contributed by atoms with van der Waals surface area (Å²) in [4.78, 5) is 12.5. The van der Waals surface area contributed by atoms with E-state index in [2.05, 4.69) is 62.3 Å². The fraction of sp³-hybridized carbons (Fsp3) is 0.971. The van der Waals surface area contributed by atoms with Gasteiger partial charge in [0.15, 0.2) is 16.6 Å². The molecular formula is C34H62O4Si2. The van der Waals surface area contributed by atoms with Gasteiger partial charge in [-0.05, 0) is 116 Å². The first-order valence-corrected chi connectivity index (χ1v) is 22.6. The molecule has 1 aliphatic heterocycles. The lowest BCUT2D eigenvalue weighted by Gasteiger charge is -2.62. The fourth-order valence-electron chi connectivity index (χ4n) is 11.6. The summed E-state index contributed by atoms with van der Waals surface area (Å²) in [5.41, 5.74) is 0.596. The number of esters is 1. The van der Waals surface area contributed by atoms with Crippen LogP contribution in [0.15, 0.2) is 0 Å². The van der Waals surface area contributed by atoms with Crippen molar-refractivity contribution in [2.24, 2.45) is 46.3 Å². The van der Waals surface area contributed by atoms with Gasteiger partial charge in [-0.25, -0.2) is 0 Å². The van der Waals surface area contributed by atoms with Crippen molar-refractivity contribution in [1.82, 2.24) is 0 Å². The van der Waals surface area contributed by atoms with Crippen molar-refractivity contribution in [2.45, 2.75) is 162 Å². The molecule has 5 aliphatic rings. The second kappa shape index (κ2) is 11.4. The van der Waals surface area contributed by atoms with Crippen LogP contribution < -0.4 is 0 Å².